The van der Waals surface area contributed by atoms with Crippen molar-refractivity contribution >= 4 is 5.91 Å². The first-order chi connectivity index (χ1) is 17.1. The number of ether oxygens (including phenoxy) is 1. The van der Waals surface area contributed by atoms with Crippen molar-refractivity contribution in [3.63, 3.8) is 0 Å². The summed E-state index contributed by atoms with van der Waals surface area (Å²) in [6.07, 6.45) is 2.34. The van der Waals surface area contributed by atoms with Crippen LogP contribution in [0.4, 0.5) is 0 Å². The molecule has 3 aromatic rings. The van der Waals surface area contributed by atoms with Gasteiger partial charge in [-0.2, -0.15) is 0 Å². The molecule has 1 aliphatic heterocycles. The molecular weight excluding hydrogens is 440 g/mol. The maximum Gasteiger partial charge on any atom is 0.220 e. The first kappa shape index (κ1) is 24.9. The van der Waals surface area contributed by atoms with Crippen LogP contribution in [-0.2, 0) is 30.8 Å². The number of piperidine rings is 1. The molecule has 1 aliphatic rings. The quantitative estimate of drug-likeness (QED) is 0.438. The lowest BCUT2D eigenvalue weighted by molar-refractivity contribution is -0.122. The number of benzene rings is 2. The zero-order chi connectivity index (χ0) is 24.5. The molecule has 35 heavy (non-hydrogen) atoms. The maximum atomic E-state index is 12.7. The van der Waals surface area contributed by atoms with Gasteiger partial charge >= 0.3 is 0 Å². The summed E-state index contributed by atoms with van der Waals surface area (Å²) in [7, 11) is 3.73. The van der Waals surface area contributed by atoms with Crippen molar-refractivity contribution in [2.45, 2.75) is 38.9 Å². The van der Waals surface area contributed by atoms with Gasteiger partial charge < -0.3 is 19.9 Å². The number of hydrogen-bond acceptors (Lipinski definition) is 6. The highest BCUT2D eigenvalue weighted by atomic mass is 16.5. The SMILES string of the molecule is COc1ccc(CNC(=O)CC2CCNCC2Cc2cc(CN(C)Cc3ccccc3)on2)cc1. The Balaban J connectivity index is 1.26. The summed E-state index contributed by atoms with van der Waals surface area (Å²) in [5.74, 6) is 2.47. The highest BCUT2D eigenvalue weighted by molar-refractivity contribution is 5.76. The Hall–Kier alpha value is -3.16. The van der Waals surface area contributed by atoms with E-state index >= 15 is 0 Å². The van der Waals surface area contributed by atoms with Crippen LogP contribution in [0, 0.1) is 11.8 Å². The molecule has 1 aromatic heterocycles. The van der Waals surface area contributed by atoms with Gasteiger partial charge in [0.25, 0.3) is 0 Å². The molecule has 1 fully saturated rings. The molecule has 1 amide bonds. The average molecular weight is 477 g/mol. The normalized spacial score (nSPS) is 17.9. The maximum absolute atomic E-state index is 12.7. The summed E-state index contributed by atoms with van der Waals surface area (Å²) in [5.41, 5.74) is 3.30. The summed E-state index contributed by atoms with van der Waals surface area (Å²) in [4.78, 5) is 14.9. The van der Waals surface area contributed by atoms with Crippen LogP contribution >= 0.6 is 0 Å². The second-order valence-corrected chi connectivity index (χ2v) is 9.49. The Morgan fingerprint density at radius 3 is 2.69 bits per heavy atom. The summed E-state index contributed by atoms with van der Waals surface area (Å²) < 4.78 is 10.8. The first-order valence-electron chi connectivity index (χ1n) is 12.4. The minimum absolute atomic E-state index is 0.0982. The van der Waals surface area contributed by atoms with Gasteiger partial charge in [0.1, 0.15) is 5.75 Å². The number of rotatable bonds is 11. The van der Waals surface area contributed by atoms with Gasteiger partial charge in [-0.3, -0.25) is 9.69 Å². The summed E-state index contributed by atoms with van der Waals surface area (Å²) >= 11 is 0. The van der Waals surface area contributed by atoms with Gasteiger partial charge in [0.05, 0.1) is 19.3 Å². The van der Waals surface area contributed by atoms with E-state index in [4.69, 9.17) is 9.26 Å². The minimum atomic E-state index is 0.0982. The zero-order valence-electron chi connectivity index (χ0n) is 20.7. The molecule has 0 spiro atoms. The fraction of sp³-hybridized carbons (Fsp3) is 0.429. The fourth-order valence-electron chi connectivity index (χ4n) is 4.75. The van der Waals surface area contributed by atoms with Crippen molar-refractivity contribution in [2.75, 3.05) is 27.2 Å². The molecule has 1 saturated heterocycles. The fourth-order valence-corrected chi connectivity index (χ4v) is 4.75. The molecule has 2 atom stereocenters. The van der Waals surface area contributed by atoms with Crippen LogP contribution in [0.2, 0.25) is 0 Å². The number of carbonyl (C=O) groups excluding carboxylic acids is 1. The van der Waals surface area contributed by atoms with Gasteiger partial charge in [-0.15, -0.1) is 0 Å². The summed E-state index contributed by atoms with van der Waals surface area (Å²) in [6, 6.07) is 20.3. The lowest BCUT2D eigenvalue weighted by Gasteiger charge is -2.31. The topological polar surface area (TPSA) is 79.6 Å². The summed E-state index contributed by atoms with van der Waals surface area (Å²) in [6.45, 7) is 3.94. The van der Waals surface area contributed by atoms with Crippen LogP contribution in [0.3, 0.4) is 0 Å². The second kappa shape index (κ2) is 12.5. The highest BCUT2D eigenvalue weighted by Crippen LogP contribution is 2.26. The number of methoxy groups -OCH3 is 1. The van der Waals surface area contributed by atoms with Crippen LogP contribution in [0.25, 0.3) is 0 Å². The third-order valence-corrected chi connectivity index (χ3v) is 6.66. The van der Waals surface area contributed by atoms with Gasteiger partial charge in [0.15, 0.2) is 5.76 Å². The van der Waals surface area contributed by atoms with E-state index in [0.717, 1.165) is 55.2 Å². The van der Waals surface area contributed by atoms with Gasteiger partial charge in [0, 0.05) is 25.6 Å². The van der Waals surface area contributed by atoms with E-state index < -0.39 is 0 Å². The number of nitrogens with one attached hydrogen (secondary N) is 2. The van der Waals surface area contributed by atoms with Gasteiger partial charge in [-0.05, 0) is 68.1 Å². The molecule has 2 N–H and O–H groups in total. The molecule has 0 saturated carbocycles. The smallest absolute Gasteiger partial charge is 0.220 e. The third kappa shape index (κ3) is 7.67. The molecule has 186 valence electrons. The van der Waals surface area contributed by atoms with Gasteiger partial charge in [-0.1, -0.05) is 47.6 Å². The molecule has 4 rings (SSSR count). The number of aromatic nitrogens is 1. The predicted octanol–water partition coefficient (Wildman–Crippen LogP) is 3.79. The monoisotopic (exact) mass is 476 g/mol. The van der Waals surface area contributed by atoms with Crippen LogP contribution in [0.15, 0.2) is 65.2 Å². The molecule has 0 radical (unpaired) electrons. The van der Waals surface area contributed by atoms with Crippen molar-refractivity contribution < 1.29 is 14.1 Å². The van der Waals surface area contributed by atoms with Crippen LogP contribution < -0.4 is 15.4 Å². The number of hydrogen-bond donors (Lipinski definition) is 2. The Morgan fingerprint density at radius 1 is 1.11 bits per heavy atom. The van der Waals surface area contributed by atoms with E-state index in [0.29, 0.717) is 31.3 Å². The molecule has 7 heteroatoms. The lowest BCUT2D eigenvalue weighted by atomic mass is 9.81. The van der Waals surface area contributed by atoms with E-state index in [9.17, 15) is 4.79 Å². The molecular formula is C28H36N4O3. The van der Waals surface area contributed by atoms with E-state index in [1.165, 1.54) is 5.56 Å². The van der Waals surface area contributed by atoms with Crippen molar-refractivity contribution in [2.24, 2.45) is 11.8 Å². The lowest BCUT2D eigenvalue weighted by Crippen LogP contribution is -2.40. The number of carbonyl (C=O) groups is 1. The van der Waals surface area contributed by atoms with E-state index in [2.05, 4.69) is 58.1 Å². The van der Waals surface area contributed by atoms with Crippen molar-refractivity contribution in [1.29, 1.82) is 0 Å². The Morgan fingerprint density at radius 2 is 1.91 bits per heavy atom. The second-order valence-electron chi connectivity index (χ2n) is 9.49. The van der Waals surface area contributed by atoms with E-state index in [-0.39, 0.29) is 5.91 Å². The highest BCUT2D eigenvalue weighted by Gasteiger charge is 2.28. The van der Waals surface area contributed by atoms with Crippen LogP contribution in [-0.4, -0.2) is 43.2 Å². The molecule has 7 nitrogen and oxygen atoms in total. The average Bonchev–Trinajstić information content (AvgIpc) is 3.31. The molecule has 0 bridgehead atoms. The van der Waals surface area contributed by atoms with Crippen molar-refractivity contribution in [3.05, 3.63) is 83.2 Å². The predicted molar refractivity (Wildman–Crippen MR) is 136 cm³/mol. The van der Waals surface area contributed by atoms with E-state index in [1.807, 2.05) is 30.3 Å². The Bertz CT molecular complexity index is 1050. The molecule has 0 aliphatic carbocycles. The third-order valence-electron chi connectivity index (χ3n) is 6.66. The number of amides is 1. The van der Waals surface area contributed by atoms with Crippen LogP contribution in [0.1, 0.15) is 35.4 Å². The first-order valence-corrected chi connectivity index (χ1v) is 12.4. The minimum Gasteiger partial charge on any atom is -0.497 e. The van der Waals surface area contributed by atoms with E-state index in [1.54, 1.807) is 7.11 Å². The number of nitrogens with zero attached hydrogens (tertiary/aromatic N) is 2. The largest absolute Gasteiger partial charge is 0.497 e. The van der Waals surface area contributed by atoms with Gasteiger partial charge in [-0.25, -0.2) is 0 Å². The van der Waals surface area contributed by atoms with Crippen molar-refractivity contribution in [1.82, 2.24) is 20.7 Å². The Kier molecular flexibility index (Phi) is 8.92. The standard InChI is InChI=1S/C28H36N4O3/c1-32(19-22-6-4-3-5-7-22)20-27-16-25(31-35-27)14-24-18-29-13-12-23(24)15-28(33)30-17-21-8-10-26(34-2)11-9-21/h3-11,16,23-24,29H,12-15,17-20H2,1-2H3,(H,30,33). The molecule has 2 aromatic carbocycles. The molecule has 2 heterocycles. The zero-order valence-corrected chi connectivity index (χ0v) is 20.7. The Labute approximate surface area is 207 Å². The summed E-state index contributed by atoms with van der Waals surface area (Å²) in [5, 5.41) is 10.9. The van der Waals surface area contributed by atoms with Gasteiger partial charge in [0.2, 0.25) is 5.91 Å². The molecule has 2 unspecified atom stereocenters. The van der Waals surface area contributed by atoms with Crippen molar-refractivity contribution in [3.8, 4) is 5.75 Å². The van der Waals surface area contributed by atoms with Crippen LogP contribution in [0.5, 0.6) is 5.75 Å².